The summed E-state index contributed by atoms with van der Waals surface area (Å²) in [6.45, 7) is 0. The van der Waals surface area contributed by atoms with Gasteiger partial charge in [0.05, 0.1) is 0 Å². The summed E-state index contributed by atoms with van der Waals surface area (Å²) >= 11 is 0. The van der Waals surface area contributed by atoms with Gasteiger partial charge in [0.15, 0.2) is 11.3 Å². The van der Waals surface area contributed by atoms with E-state index in [4.69, 9.17) is 5.14 Å². The maximum absolute atomic E-state index is 12.4. The SMILES string of the molecule is NS(=O)(=O)C1=NC(F)CC=C1. The first kappa shape index (κ1) is 8.35. The van der Waals surface area contributed by atoms with Gasteiger partial charge in [-0.15, -0.1) is 0 Å². The second-order valence-electron chi connectivity index (χ2n) is 2.08. The highest BCUT2D eigenvalue weighted by Crippen LogP contribution is 2.09. The highest BCUT2D eigenvalue weighted by Gasteiger charge is 2.16. The molecule has 0 saturated heterocycles. The Morgan fingerprint density at radius 3 is 2.73 bits per heavy atom. The predicted octanol–water partition coefficient (Wildman–Crippen LogP) is -0.0711. The van der Waals surface area contributed by atoms with E-state index in [1.54, 1.807) is 0 Å². The van der Waals surface area contributed by atoms with Crippen LogP contribution in [0.25, 0.3) is 0 Å². The zero-order chi connectivity index (χ0) is 8.48. The van der Waals surface area contributed by atoms with E-state index in [-0.39, 0.29) is 6.42 Å². The molecule has 1 aliphatic heterocycles. The van der Waals surface area contributed by atoms with Crippen molar-refractivity contribution in [3.05, 3.63) is 12.2 Å². The molecule has 1 aliphatic rings. The highest BCUT2D eigenvalue weighted by atomic mass is 32.2. The lowest BCUT2D eigenvalue weighted by Gasteiger charge is -2.06. The van der Waals surface area contributed by atoms with Gasteiger partial charge in [0.1, 0.15) is 0 Å². The van der Waals surface area contributed by atoms with E-state index in [9.17, 15) is 12.8 Å². The number of hydrogen-bond donors (Lipinski definition) is 1. The zero-order valence-electron chi connectivity index (χ0n) is 5.57. The van der Waals surface area contributed by atoms with E-state index in [2.05, 4.69) is 4.99 Å². The Morgan fingerprint density at radius 2 is 2.36 bits per heavy atom. The van der Waals surface area contributed by atoms with E-state index in [0.29, 0.717) is 0 Å². The number of aliphatic imine (C=N–C) groups is 1. The van der Waals surface area contributed by atoms with Crippen molar-refractivity contribution < 1.29 is 12.8 Å². The van der Waals surface area contributed by atoms with Crippen molar-refractivity contribution in [2.45, 2.75) is 12.7 Å². The molecule has 62 valence electrons. The predicted molar refractivity (Wildman–Crippen MR) is 39.2 cm³/mol. The Bertz CT molecular complexity index is 306. The summed E-state index contributed by atoms with van der Waals surface area (Å²) in [4.78, 5) is 3.20. The second-order valence-corrected chi connectivity index (χ2v) is 3.59. The molecule has 4 nitrogen and oxygen atoms in total. The molecule has 1 rings (SSSR count). The van der Waals surface area contributed by atoms with Crippen LogP contribution in [0.4, 0.5) is 4.39 Å². The normalized spacial score (nSPS) is 24.9. The van der Waals surface area contributed by atoms with Crippen molar-refractivity contribution in [2.75, 3.05) is 0 Å². The molecule has 0 amide bonds. The summed E-state index contributed by atoms with van der Waals surface area (Å²) in [6, 6.07) is 0. The molecule has 1 heterocycles. The fraction of sp³-hybridized carbons (Fsp3) is 0.400. The third-order valence-electron chi connectivity index (χ3n) is 1.15. The minimum atomic E-state index is -3.84. The van der Waals surface area contributed by atoms with Crippen LogP contribution in [-0.2, 0) is 10.0 Å². The lowest BCUT2D eigenvalue weighted by molar-refractivity contribution is 0.349. The fourth-order valence-corrected chi connectivity index (χ4v) is 1.23. The number of halogens is 1. The molecule has 0 aliphatic carbocycles. The molecular weight excluding hydrogens is 171 g/mol. The third kappa shape index (κ3) is 2.09. The van der Waals surface area contributed by atoms with E-state index in [1.165, 1.54) is 12.2 Å². The summed E-state index contributed by atoms with van der Waals surface area (Å²) in [5, 5.41) is 4.30. The van der Waals surface area contributed by atoms with Gasteiger partial charge in [-0.05, 0) is 6.08 Å². The first-order valence-corrected chi connectivity index (χ1v) is 4.46. The van der Waals surface area contributed by atoms with Gasteiger partial charge < -0.3 is 0 Å². The summed E-state index contributed by atoms with van der Waals surface area (Å²) in [5.41, 5.74) is 0. The first-order valence-electron chi connectivity index (χ1n) is 2.91. The van der Waals surface area contributed by atoms with Crippen LogP contribution in [0.5, 0.6) is 0 Å². The molecule has 6 heteroatoms. The van der Waals surface area contributed by atoms with Crippen molar-refractivity contribution in [3.63, 3.8) is 0 Å². The van der Waals surface area contributed by atoms with Crippen LogP contribution in [0.3, 0.4) is 0 Å². The van der Waals surface area contributed by atoms with Crippen LogP contribution in [0.15, 0.2) is 17.1 Å². The van der Waals surface area contributed by atoms with Crippen LogP contribution in [0.1, 0.15) is 6.42 Å². The molecule has 1 unspecified atom stereocenters. The molecule has 0 spiro atoms. The number of primary sulfonamides is 1. The Labute approximate surface area is 63.7 Å². The monoisotopic (exact) mass is 178 g/mol. The molecule has 2 N–H and O–H groups in total. The first-order chi connectivity index (χ1) is 5.00. The molecule has 0 saturated carbocycles. The van der Waals surface area contributed by atoms with Gasteiger partial charge in [-0.25, -0.2) is 22.9 Å². The number of alkyl halides is 1. The molecule has 0 fully saturated rings. The summed E-state index contributed by atoms with van der Waals surface area (Å²) in [6.07, 6.45) is 1.22. The van der Waals surface area contributed by atoms with Gasteiger partial charge in [0.25, 0.3) is 10.0 Å². The standard InChI is InChI=1S/C5H7FN2O2S/c6-4-2-1-3-5(8-4)11(7,9)10/h1,3-4H,2H2,(H2,7,9,10). The molecule has 0 bridgehead atoms. The van der Waals surface area contributed by atoms with Gasteiger partial charge in [0.2, 0.25) is 0 Å². The van der Waals surface area contributed by atoms with Crippen LogP contribution in [-0.4, -0.2) is 19.8 Å². The molecule has 11 heavy (non-hydrogen) atoms. The van der Waals surface area contributed by atoms with Crippen molar-refractivity contribution in [2.24, 2.45) is 10.1 Å². The fourth-order valence-electron chi connectivity index (χ4n) is 0.683. The summed E-state index contributed by atoms with van der Waals surface area (Å²) in [7, 11) is -3.84. The molecule has 0 aromatic carbocycles. The van der Waals surface area contributed by atoms with Gasteiger partial charge in [0, 0.05) is 6.42 Å². The lowest BCUT2D eigenvalue weighted by atomic mass is 10.3. The molecule has 0 radical (unpaired) electrons. The topological polar surface area (TPSA) is 72.5 Å². The number of hydrogen-bond acceptors (Lipinski definition) is 3. The number of nitrogens with two attached hydrogens (primary N) is 1. The Morgan fingerprint density at radius 1 is 1.73 bits per heavy atom. The van der Waals surface area contributed by atoms with Crippen LogP contribution in [0, 0.1) is 0 Å². The van der Waals surface area contributed by atoms with Crippen molar-refractivity contribution in [3.8, 4) is 0 Å². The second kappa shape index (κ2) is 2.71. The van der Waals surface area contributed by atoms with Crippen molar-refractivity contribution >= 4 is 15.1 Å². The smallest absolute Gasteiger partial charge is 0.235 e. The van der Waals surface area contributed by atoms with E-state index < -0.39 is 21.4 Å². The van der Waals surface area contributed by atoms with Crippen molar-refractivity contribution in [1.82, 2.24) is 0 Å². The molecule has 0 aromatic rings. The maximum atomic E-state index is 12.4. The minimum Gasteiger partial charge on any atom is -0.235 e. The zero-order valence-corrected chi connectivity index (χ0v) is 6.38. The minimum absolute atomic E-state index is 0.110. The average Bonchev–Trinajstić information content (AvgIpc) is 1.86. The quantitative estimate of drug-likeness (QED) is 0.527. The van der Waals surface area contributed by atoms with Gasteiger partial charge in [-0.2, -0.15) is 0 Å². The van der Waals surface area contributed by atoms with E-state index >= 15 is 0 Å². The Hall–Kier alpha value is -0.750. The largest absolute Gasteiger partial charge is 0.255 e. The maximum Gasteiger partial charge on any atom is 0.255 e. The van der Waals surface area contributed by atoms with Crippen LogP contribution >= 0.6 is 0 Å². The average molecular weight is 178 g/mol. The number of sulfonamides is 1. The van der Waals surface area contributed by atoms with Gasteiger partial charge in [-0.3, -0.25) is 0 Å². The molecular formula is C5H7FN2O2S. The number of dihydropyridines is 1. The van der Waals surface area contributed by atoms with E-state index in [0.717, 1.165) is 0 Å². The summed E-state index contributed by atoms with van der Waals surface area (Å²) < 4.78 is 33.5. The van der Waals surface area contributed by atoms with Crippen LogP contribution in [0.2, 0.25) is 0 Å². The molecule has 1 atom stereocenters. The van der Waals surface area contributed by atoms with E-state index in [1.807, 2.05) is 0 Å². The number of rotatable bonds is 0. The third-order valence-corrected chi connectivity index (χ3v) is 1.97. The Balaban J connectivity index is 2.98. The molecule has 0 aromatic heterocycles. The van der Waals surface area contributed by atoms with Gasteiger partial charge >= 0.3 is 0 Å². The van der Waals surface area contributed by atoms with Gasteiger partial charge in [-0.1, -0.05) is 6.08 Å². The summed E-state index contributed by atoms with van der Waals surface area (Å²) in [5.74, 6) is 0. The van der Waals surface area contributed by atoms with Crippen LogP contribution < -0.4 is 5.14 Å². The Kier molecular flexibility index (Phi) is 2.05. The van der Waals surface area contributed by atoms with Crippen molar-refractivity contribution in [1.29, 1.82) is 0 Å². The highest BCUT2D eigenvalue weighted by molar-refractivity contribution is 8.04. The number of nitrogens with zero attached hydrogens (tertiary/aromatic N) is 1. The lowest BCUT2D eigenvalue weighted by Crippen LogP contribution is -2.24.